The van der Waals surface area contributed by atoms with Gasteiger partial charge in [-0.05, 0) is 20.8 Å². The molecule has 3 nitrogen and oxygen atoms in total. The normalized spacial score (nSPS) is 10.7. The molecule has 1 N–H and O–H groups in total. The topological polar surface area (TPSA) is 38.3 Å². The van der Waals surface area contributed by atoms with Crippen LogP contribution >= 0.6 is 22.9 Å². The molecule has 0 aromatic rings. The Kier molecular flexibility index (Phi) is 3.24. The van der Waals surface area contributed by atoms with Crippen LogP contribution < -0.4 is 3.53 Å². The van der Waals surface area contributed by atoms with E-state index in [0.29, 0.717) is 0 Å². The zero-order chi connectivity index (χ0) is 7.49. The summed E-state index contributed by atoms with van der Waals surface area (Å²) in [5.74, 6) is 0. The minimum absolute atomic E-state index is 0.394. The minimum atomic E-state index is -0.400. The van der Waals surface area contributed by atoms with Crippen LogP contribution in [0, 0.1) is 0 Å². The quantitative estimate of drug-likeness (QED) is 0.521. The molecule has 0 aliphatic rings. The summed E-state index contributed by atoms with van der Waals surface area (Å²) in [6.45, 7) is 5.46. The van der Waals surface area contributed by atoms with E-state index in [1.165, 1.54) is 0 Å². The van der Waals surface area contributed by atoms with Crippen LogP contribution in [-0.2, 0) is 4.74 Å². The van der Waals surface area contributed by atoms with Gasteiger partial charge in [-0.3, -0.25) is 3.53 Å². The van der Waals surface area contributed by atoms with Crippen LogP contribution in [0.2, 0.25) is 0 Å². The van der Waals surface area contributed by atoms with E-state index in [2.05, 4.69) is 3.53 Å². The van der Waals surface area contributed by atoms with Crippen molar-refractivity contribution in [2.24, 2.45) is 0 Å². The molecular formula is C5H10INO2. The highest BCUT2D eigenvalue weighted by atomic mass is 127. The highest BCUT2D eigenvalue weighted by Gasteiger charge is 2.14. The number of ether oxygens (including phenoxy) is 1. The van der Waals surface area contributed by atoms with Crippen LogP contribution in [0.25, 0.3) is 0 Å². The van der Waals surface area contributed by atoms with Gasteiger partial charge in [-0.2, -0.15) is 0 Å². The number of hydrogen-bond donors (Lipinski definition) is 1. The second kappa shape index (κ2) is 3.24. The molecule has 9 heavy (non-hydrogen) atoms. The number of rotatable bonds is 0. The lowest BCUT2D eigenvalue weighted by atomic mass is 10.2. The largest absolute Gasteiger partial charge is 0.443 e. The van der Waals surface area contributed by atoms with E-state index in [4.69, 9.17) is 4.74 Å². The molecule has 0 atom stereocenters. The van der Waals surface area contributed by atoms with Gasteiger partial charge in [-0.1, -0.05) is 0 Å². The SMILES string of the molecule is CC(C)(C)OC(=O)NI. The molecule has 1 amide bonds. The molecule has 0 saturated carbocycles. The number of amides is 1. The molecule has 0 spiro atoms. The number of halogens is 1. The summed E-state index contributed by atoms with van der Waals surface area (Å²) in [4.78, 5) is 10.5. The summed E-state index contributed by atoms with van der Waals surface area (Å²) in [6.07, 6.45) is -0.400. The molecule has 0 rings (SSSR count). The molecule has 0 bridgehead atoms. The molecule has 0 fully saturated rings. The van der Waals surface area contributed by atoms with Gasteiger partial charge in [0, 0.05) is 0 Å². The monoisotopic (exact) mass is 243 g/mol. The summed E-state index contributed by atoms with van der Waals surface area (Å²) >= 11 is 1.73. The first-order valence-electron chi connectivity index (χ1n) is 2.55. The molecule has 0 saturated heterocycles. The average Bonchev–Trinajstić information content (AvgIpc) is 1.62. The zero-order valence-electron chi connectivity index (χ0n) is 5.69. The Morgan fingerprint density at radius 3 is 2.11 bits per heavy atom. The van der Waals surface area contributed by atoms with Crippen molar-refractivity contribution < 1.29 is 9.53 Å². The van der Waals surface area contributed by atoms with Gasteiger partial charge in [0.15, 0.2) is 0 Å². The first kappa shape index (κ1) is 9.00. The first-order valence-corrected chi connectivity index (χ1v) is 3.63. The van der Waals surface area contributed by atoms with Gasteiger partial charge in [-0.25, -0.2) is 4.79 Å². The number of carbonyl (C=O) groups excluding carboxylic acids is 1. The third-order valence-electron chi connectivity index (χ3n) is 0.476. The lowest BCUT2D eigenvalue weighted by molar-refractivity contribution is 0.0583. The summed E-state index contributed by atoms with van der Waals surface area (Å²) in [6, 6.07) is 0. The minimum Gasteiger partial charge on any atom is -0.443 e. The Morgan fingerprint density at radius 1 is 1.56 bits per heavy atom. The molecule has 54 valence electrons. The van der Waals surface area contributed by atoms with E-state index in [9.17, 15) is 4.79 Å². The van der Waals surface area contributed by atoms with Crippen LogP contribution in [0.3, 0.4) is 0 Å². The van der Waals surface area contributed by atoms with E-state index in [0.717, 1.165) is 0 Å². The second-order valence-electron chi connectivity index (χ2n) is 2.60. The van der Waals surface area contributed by atoms with Crippen molar-refractivity contribution in [2.75, 3.05) is 0 Å². The Bertz CT molecular complexity index is 108. The van der Waals surface area contributed by atoms with E-state index in [-0.39, 0.29) is 0 Å². The standard InChI is InChI=1S/C5H10INO2/c1-5(2,3)9-4(8)7-6/h1-3H3,(H,7,8). The van der Waals surface area contributed by atoms with Crippen molar-refractivity contribution in [3.8, 4) is 0 Å². The van der Waals surface area contributed by atoms with Gasteiger partial charge < -0.3 is 4.74 Å². The predicted molar refractivity (Wildman–Crippen MR) is 43.4 cm³/mol. The van der Waals surface area contributed by atoms with E-state index in [1.54, 1.807) is 22.9 Å². The highest BCUT2D eigenvalue weighted by Crippen LogP contribution is 2.06. The Morgan fingerprint density at radius 2 is 2.00 bits per heavy atom. The fourth-order valence-corrected chi connectivity index (χ4v) is 0.407. The molecule has 0 aromatic heterocycles. The van der Waals surface area contributed by atoms with E-state index < -0.39 is 11.7 Å². The molecular weight excluding hydrogens is 233 g/mol. The van der Waals surface area contributed by atoms with Crippen LogP contribution in [0.5, 0.6) is 0 Å². The van der Waals surface area contributed by atoms with Crippen LogP contribution in [0.15, 0.2) is 0 Å². The third kappa shape index (κ3) is 5.88. The van der Waals surface area contributed by atoms with E-state index in [1.807, 2.05) is 20.8 Å². The summed E-state index contributed by atoms with van der Waals surface area (Å²) in [5.41, 5.74) is -0.394. The lowest BCUT2D eigenvalue weighted by Crippen LogP contribution is -2.27. The molecule has 0 aliphatic heterocycles. The molecule has 0 heterocycles. The fourth-order valence-electron chi connectivity index (χ4n) is 0.297. The first-order chi connectivity index (χ1) is 3.95. The third-order valence-corrected chi connectivity index (χ3v) is 0.916. The van der Waals surface area contributed by atoms with Crippen molar-refractivity contribution in [1.82, 2.24) is 3.53 Å². The van der Waals surface area contributed by atoms with Gasteiger partial charge >= 0.3 is 6.09 Å². The van der Waals surface area contributed by atoms with Crippen LogP contribution in [-0.4, -0.2) is 11.7 Å². The average molecular weight is 243 g/mol. The number of hydrogen-bond acceptors (Lipinski definition) is 2. The fraction of sp³-hybridized carbons (Fsp3) is 0.800. The zero-order valence-corrected chi connectivity index (χ0v) is 7.85. The van der Waals surface area contributed by atoms with Crippen molar-refractivity contribution in [3.05, 3.63) is 0 Å². The molecule has 0 aliphatic carbocycles. The maximum absolute atomic E-state index is 10.5. The second-order valence-corrected chi connectivity index (χ2v) is 3.14. The van der Waals surface area contributed by atoms with Crippen molar-refractivity contribution >= 4 is 29.0 Å². The summed E-state index contributed by atoms with van der Waals surface area (Å²) in [5, 5.41) is 0. The van der Waals surface area contributed by atoms with E-state index >= 15 is 0 Å². The van der Waals surface area contributed by atoms with Gasteiger partial charge in [0.1, 0.15) is 5.60 Å². The maximum atomic E-state index is 10.5. The smallest absolute Gasteiger partial charge is 0.416 e. The molecule has 4 heteroatoms. The Hall–Kier alpha value is 0. The number of nitrogens with one attached hydrogen (secondary N) is 1. The molecule has 0 aromatic carbocycles. The predicted octanol–water partition coefficient (Wildman–Crippen LogP) is 1.86. The number of carbonyl (C=O) groups is 1. The van der Waals surface area contributed by atoms with Crippen molar-refractivity contribution in [1.29, 1.82) is 0 Å². The van der Waals surface area contributed by atoms with Crippen LogP contribution in [0.1, 0.15) is 20.8 Å². The molecule has 0 unspecified atom stereocenters. The summed E-state index contributed by atoms with van der Waals surface area (Å²) in [7, 11) is 0. The maximum Gasteiger partial charge on any atom is 0.416 e. The summed E-state index contributed by atoms with van der Waals surface area (Å²) < 4.78 is 7.16. The van der Waals surface area contributed by atoms with Crippen molar-refractivity contribution in [2.45, 2.75) is 26.4 Å². The van der Waals surface area contributed by atoms with Crippen LogP contribution in [0.4, 0.5) is 4.79 Å². The van der Waals surface area contributed by atoms with Gasteiger partial charge in [0.05, 0.1) is 22.9 Å². The highest BCUT2D eigenvalue weighted by molar-refractivity contribution is 14.1. The molecule has 0 radical (unpaired) electrons. The van der Waals surface area contributed by atoms with Gasteiger partial charge in [0.2, 0.25) is 0 Å². The van der Waals surface area contributed by atoms with Crippen molar-refractivity contribution in [3.63, 3.8) is 0 Å². The Labute approximate surface area is 68.6 Å². The Balaban J connectivity index is 3.60. The van der Waals surface area contributed by atoms with Gasteiger partial charge in [0.25, 0.3) is 0 Å². The lowest BCUT2D eigenvalue weighted by Gasteiger charge is -2.17. The van der Waals surface area contributed by atoms with Gasteiger partial charge in [-0.15, -0.1) is 0 Å².